The average Bonchev–Trinajstić information content (AvgIpc) is 3.27. The predicted molar refractivity (Wildman–Crippen MR) is 257 cm³/mol. The summed E-state index contributed by atoms with van der Waals surface area (Å²) in [4.78, 5) is 22.8. The molecule has 0 bridgehead atoms. The second-order valence-corrected chi connectivity index (χ2v) is 15.5. The first-order valence-corrected chi connectivity index (χ1v) is 20.7. The fraction of sp³-hybridized carbons (Fsp3) is 0.170. The van der Waals surface area contributed by atoms with E-state index in [0.717, 1.165) is 62.2 Å². The molecular formula is C53H52Cl2F5N3O3. The maximum Gasteiger partial charge on any atom is 0.269 e. The van der Waals surface area contributed by atoms with Crippen LogP contribution < -0.4 is 0 Å². The highest BCUT2D eigenvalue weighted by molar-refractivity contribution is 6.31. The molecule has 0 aromatic heterocycles. The second kappa shape index (κ2) is 30.3. The predicted octanol–water partition coefficient (Wildman–Crippen LogP) is 15.4. The molecule has 0 fully saturated rings. The lowest BCUT2D eigenvalue weighted by molar-refractivity contribution is -0.384. The van der Waals surface area contributed by atoms with Gasteiger partial charge in [0.1, 0.15) is 17.5 Å². The van der Waals surface area contributed by atoms with Crippen LogP contribution >= 0.6 is 23.2 Å². The number of nitrogens with zero attached hydrogens (tertiary/aromatic N) is 3. The number of rotatable bonds is 2. The summed E-state index contributed by atoms with van der Waals surface area (Å²) in [5.41, 5.74) is 8.47. The number of non-ortho nitro benzene ring substituents is 1. The fourth-order valence-electron chi connectivity index (χ4n) is 4.83. The lowest BCUT2D eigenvalue weighted by Crippen LogP contribution is -2.21. The molecule has 7 rings (SSSR count). The van der Waals surface area contributed by atoms with Crippen LogP contribution in [-0.2, 0) is 0 Å². The molecular weight excluding hydrogens is 892 g/mol. The lowest BCUT2D eigenvalue weighted by Gasteiger charge is -2.09. The minimum absolute atomic E-state index is 0.0544. The van der Waals surface area contributed by atoms with E-state index in [0.29, 0.717) is 0 Å². The van der Waals surface area contributed by atoms with E-state index in [1.54, 1.807) is 80.5 Å². The minimum atomic E-state index is -0.791. The highest BCUT2D eigenvalue weighted by Gasteiger charge is 2.06. The zero-order valence-electron chi connectivity index (χ0n) is 38.1. The zero-order valence-corrected chi connectivity index (χ0v) is 39.7. The van der Waals surface area contributed by atoms with Crippen LogP contribution in [0, 0.1) is 99.0 Å². The molecule has 0 atom stereocenters. The molecule has 0 saturated heterocycles. The van der Waals surface area contributed by atoms with Gasteiger partial charge < -0.3 is 4.90 Å². The third-order valence-corrected chi connectivity index (χ3v) is 8.86. The molecule has 13 heteroatoms. The van der Waals surface area contributed by atoms with E-state index in [4.69, 9.17) is 28.5 Å². The van der Waals surface area contributed by atoms with Gasteiger partial charge in [0.05, 0.1) is 26.6 Å². The van der Waals surface area contributed by atoms with Crippen LogP contribution in [0.1, 0.15) is 54.9 Å². The largest absolute Gasteiger partial charge is 0.345 e. The number of carbonyl (C=O) groups is 1. The van der Waals surface area contributed by atoms with Crippen molar-refractivity contribution in [2.75, 3.05) is 14.1 Å². The van der Waals surface area contributed by atoms with Crippen molar-refractivity contribution in [2.24, 2.45) is 0 Å². The van der Waals surface area contributed by atoms with E-state index in [-0.39, 0.29) is 39.1 Å². The molecule has 0 saturated carbocycles. The van der Waals surface area contributed by atoms with Crippen molar-refractivity contribution in [3.8, 4) is 6.07 Å². The van der Waals surface area contributed by atoms with Gasteiger partial charge in [-0.3, -0.25) is 14.9 Å². The monoisotopic (exact) mass is 943 g/mol. The number of nitro groups is 1. The molecule has 1 amide bonds. The summed E-state index contributed by atoms with van der Waals surface area (Å²) in [5.74, 6) is -2.40. The van der Waals surface area contributed by atoms with Crippen LogP contribution in [0.3, 0.4) is 0 Å². The molecule has 7 aromatic rings. The topological polar surface area (TPSA) is 87.2 Å². The van der Waals surface area contributed by atoms with Crippen LogP contribution in [0.5, 0.6) is 0 Å². The average molecular weight is 945 g/mol. The summed E-state index contributed by atoms with van der Waals surface area (Å²) >= 11 is 10.8. The molecule has 0 aliphatic carbocycles. The van der Waals surface area contributed by atoms with Crippen LogP contribution in [0.15, 0.2) is 152 Å². The third kappa shape index (κ3) is 24.3. The van der Waals surface area contributed by atoms with E-state index in [1.807, 2.05) is 90.1 Å². The van der Waals surface area contributed by atoms with Gasteiger partial charge in [-0.15, -0.1) is 0 Å². The zero-order chi connectivity index (χ0) is 49.9. The summed E-state index contributed by atoms with van der Waals surface area (Å²) in [5, 5.41) is 18.9. The number of aryl methyl sites for hydroxylation is 7. The van der Waals surface area contributed by atoms with E-state index < -0.39 is 16.6 Å². The Bertz CT molecular complexity index is 2520. The van der Waals surface area contributed by atoms with E-state index in [9.17, 15) is 36.9 Å². The van der Waals surface area contributed by atoms with E-state index >= 15 is 0 Å². The molecule has 0 spiro atoms. The Morgan fingerprint density at radius 3 is 1.35 bits per heavy atom. The van der Waals surface area contributed by atoms with E-state index in [2.05, 4.69) is 6.07 Å². The van der Waals surface area contributed by atoms with Gasteiger partial charge in [0.2, 0.25) is 0 Å². The van der Waals surface area contributed by atoms with Crippen molar-refractivity contribution in [2.45, 2.75) is 48.5 Å². The quantitative estimate of drug-likeness (QED) is 0.0981. The Balaban J connectivity index is 0.000000386. The summed E-state index contributed by atoms with van der Waals surface area (Å²) < 4.78 is 61.2. The van der Waals surface area contributed by atoms with Gasteiger partial charge >= 0.3 is 0 Å². The molecule has 0 aliphatic heterocycles. The summed E-state index contributed by atoms with van der Waals surface area (Å²) in [6.45, 7) is 13.1. The number of hydrogen-bond acceptors (Lipinski definition) is 4. The van der Waals surface area contributed by atoms with Gasteiger partial charge in [0.25, 0.3) is 11.6 Å². The van der Waals surface area contributed by atoms with Crippen molar-refractivity contribution in [3.63, 3.8) is 0 Å². The number of carbonyl (C=O) groups excluding carboxylic acids is 1. The molecule has 0 radical (unpaired) electrons. The lowest BCUT2D eigenvalue weighted by atomic mass is 10.1. The SMILES string of the molecule is Cc1ccc(Cl)c(F)c1.Cc1ccc(F)c(Cl)c1.Cc1ccc(F)c(F)c1.Cc1ccc(F)cc1.Cc1cccc(C#N)c1.Cc1cccc(C(=O)N(C)C)c1.Cc1cccc([N+](=O)[O-])c1. The van der Waals surface area contributed by atoms with Gasteiger partial charge in [0, 0.05) is 31.8 Å². The Kier molecular flexibility index (Phi) is 26.2. The van der Waals surface area contributed by atoms with Crippen LogP contribution in [-0.4, -0.2) is 29.8 Å². The van der Waals surface area contributed by atoms with Crippen molar-refractivity contribution >= 4 is 34.8 Å². The molecule has 7 aromatic carbocycles. The molecule has 0 unspecified atom stereocenters. The second-order valence-electron chi connectivity index (χ2n) is 14.7. The Hall–Kier alpha value is -6.87. The number of nitriles is 1. The number of amides is 1. The maximum atomic E-state index is 12.4. The summed E-state index contributed by atoms with van der Waals surface area (Å²) in [6, 6.07) is 43.3. The first-order valence-electron chi connectivity index (χ1n) is 20.0. The highest BCUT2D eigenvalue weighted by Crippen LogP contribution is 2.16. The summed E-state index contributed by atoms with van der Waals surface area (Å²) in [6.07, 6.45) is 0. The first-order chi connectivity index (χ1) is 31.0. The molecule has 346 valence electrons. The Morgan fingerprint density at radius 2 is 0.970 bits per heavy atom. The minimum Gasteiger partial charge on any atom is -0.345 e. The molecule has 0 heterocycles. The van der Waals surface area contributed by atoms with Gasteiger partial charge in [-0.1, -0.05) is 101 Å². The van der Waals surface area contributed by atoms with Crippen molar-refractivity contribution in [1.82, 2.24) is 4.90 Å². The number of nitro benzene ring substituents is 1. The number of halogens is 7. The third-order valence-electron chi connectivity index (χ3n) is 8.27. The number of hydrogen-bond donors (Lipinski definition) is 0. The van der Waals surface area contributed by atoms with E-state index in [1.165, 1.54) is 36.4 Å². The van der Waals surface area contributed by atoms with Gasteiger partial charge in [-0.25, -0.2) is 22.0 Å². The first kappa shape index (κ1) is 57.1. The fourth-order valence-corrected chi connectivity index (χ4v) is 5.18. The normalized spacial score (nSPS) is 9.38. The van der Waals surface area contributed by atoms with Crippen molar-refractivity contribution in [3.05, 3.63) is 251 Å². The van der Waals surface area contributed by atoms with Crippen LogP contribution in [0.4, 0.5) is 27.6 Å². The molecule has 66 heavy (non-hydrogen) atoms. The smallest absolute Gasteiger partial charge is 0.269 e. The summed E-state index contributed by atoms with van der Waals surface area (Å²) in [7, 11) is 3.51. The van der Waals surface area contributed by atoms with Crippen molar-refractivity contribution in [1.29, 1.82) is 5.26 Å². The van der Waals surface area contributed by atoms with Crippen molar-refractivity contribution < 1.29 is 31.7 Å². The van der Waals surface area contributed by atoms with Gasteiger partial charge in [-0.05, 0) is 149 Å². The van der Waals surface area contributed by atoms with Crippen LogP contribution in [0.2, 0.25) is 10.0 Å². The number of benzene rings is 7. The standard InChI is InChI=1S/C10H13NO.C8H7N.2C7H6ClF.C7H6F2.C7H7F.C7H7NO2/c1-8-5-4-6-9(7-8)10(12)11(2)3;1-7-3-2-4-8(5-7)6-9;1-5-2-3-7(9)6(8)4-5;2*1-5-2-3-6(8)7(9)4-5;1-6-2-4-7(8)5-3-6;1-6-3-2-4-7(5-6)8(9)10/h4-7H,1-3H3;2-5H,1H3;3*2-4H,1H3;2-5H,1H3;2-5H,1H3. The highest BCUT2D eigenvalue weighted by atomic mass is 35.5. The molecule has 0 N–H and O–H groups in total. The van der Waals surface area contributed by atoms with Gasteiger partial charge in [0.15, 0.2) is 11.6 Å². The maximum absolute atomic E-state index is 12.4. The molecule has 0 aliphatic rings. The molecule has 6 nitrogen and oxygen atoms in total. The van der Waals surface area contributed by atoms with Crippen LogP contribution in [0.25, 0.3) is 0 Å². The van der Waals surface area contributed by atoms with Gasteiger partial charge in [-0.2, -0.15) is 5.26 Å². The Labute approximate surface area is 394 Å². The Morgan fingerprint density at radius 1 is 0.515 bits per heavy atom.